The summed E-state index contributed by atoms with van der Waals surface area (Å²) in [6.45, 7) is 0. The molecule has 0 saturated carbocycles. The summed E-state index contributed by atoms with van der Waals surface area (Å²) in [5.41, 5.74) is 4.31. The number of non-ortho nitro benzene ring substituents is 1. The SMILES string of the molecule is CO/C(=N\Nc1ccc([N+](=O)[O-])cc1)c1ccccc1. The molecule has 0 atom stereocenters. The van der Waals surface area contributed by atoms with E-state index in [9.17, 15) is 10.1 Å². The molecule has 0 saturated heterocycles. The third kappa shape index (κ3) is 3.32. The number of benzene rings is 2. The first-order chi connectivity index (χ1) is 9.70. The fourth-order valence-electron chi connectivity index (χ4n) is 1.58. The van der Waals surface area contributed by atoms with E-state index >= 15 is 0 Å². The van der Waals surface area contributed by atoms with Gasteiger partial charge in [-0.3, -0.25) is 15.5 Å². The van der Waals surface area contributed by atoms with Gasteiger partial charge in [-0.25, -0.2) is 0 Å². The van der Waals surface area contributed by atoms with E-state index < -0.39 is 4.92 Å². The second-order valence-electron chi connectivity index (χ2n) is 3.90. The van der Waals surface area contributed by atoms with Gasteiger partial charge in [0.2, 0.25) is 5.90 Å². The lowest BCUT2D eigenvalue weighted by Crippen LogP contribution is -2.06. The van der Waals surface area contributed by atoms with E-state index in [1.165, 1.54) is 19.2 Å². The second kappa shape index (κ2) is 6.33. The Morgan fingerprint density at radius 1 is 1.15 bits per heavy atom. The van der Waals surface area contributed by atoms with Crippen molar-refractivity contribution < 1.29 is 9.66 Å². The van der Waals surface area contributed by atoms with Crippen molar-refractivity contribution >= 4 is 17.3 Å². The molecular formula is C14H13N3O3. The number of ether oxygens (including phenoxy) is 1. The van der Waals surface area contributed by atoms with Gasteiger partial charge < -0.3 is 4.74 Å². The smallest absolute Gasteiger partial charge is 0.269 e. The van der Waals surface area contributed by atoms with Crippen LogP contribution in [-0.2, 0) is 4.74 Å². The number of hydrogen-bond acceptors (Lipinski definition) is 5. The van der Waals surface area contributed by atoms with Crippen LogP contribution >= 0.6 is 0 Å². The molecule has 0 fully saturated rings. The van der Waals surface area contributed by atoms with Gasteiger partial charge in [0.1, 0.15) is 0 Å². The first kappa shape index (κ1) is 13.5. The van der Waals surface area contributed by atoms with Crippen molar-refractivity contribution in [3.63, 3.8) is 0 Å². The highest BCUT2D eigenvalue weighted by molar-refractivity contribution is 5.94. The molecule has 0 aromatic heterocycles. The van der Waals surface area contributed by atoms with Crippen LogP contribution in [-0.4, -0.2) is 17.9 Å². The van der Waals surface area contributed by atoms with Crippen LogP contribution in [0.25, 0.3) is 0 Å². The molecule has 1 N–H and O–H groups in total. The van der Waals surface area contributed by atoms with Gasteiger partial charge in [-0.2, -0.15) is 0 Å². The molecule has 0 spiro atoms. The first-order valence-electron chi connectivity index (χ1n) is 5.88. The van der Waals surface area contributed by atoms with Crippen LogP contribution < -0.4 is 5.43 Å². The summed E-state index contributed by atoms with van der Waals surface area (Å²) < 4.78 is 5.20. The number of nitro benzene ring substituents is 1. The Balaban J connectivity index is 2.12. The molecule has 0 bridgehead atoms. The summed E-state index contributed by atoms with van der Waals surface area (Å²) in [6, 6.07) is 15.4. The predicted molar refractivity (Wildman–Crippen MR) is 76.7 cm³/mol. The summed E-state index contributed by atoms with van der Waals surface area (Å²) >= 11 is 0. The van der Waals surface area contributed by atoms with Gasteiger partial charge in [-0.15, -0.1) is 5.10 Å². The number of nitro groups is 1. The van der Waals surface area contributed by atoms with E-state index in [-0.39, 0.29) is 5.69 Å². The lowest BCUT2D eigenvalue weighted by Gasteiger charge is -2.06. The highest BCUT2D eigenvalue weighted by Crippen LogP contribution is 2.15. The number of methoxy groups -OCH3 is 1. The average molecular weight is 271 g/mol. The molecule has 6 nitrogen and oxygen atoms in total. The van der Waals surface area contributed by atoms with E-state index in [0.29, 0.717) is 11.6 Å². The Hall–Kier alpha value is -2.89. The largest absolute Gasteiger partial charge is 0.480 e. The van der Waals surface area contributed by atoms with Gasteiger partial charge >= 0.3 is 0 Å². The molecule has 0 heterocycles. The first-order valence-corrected chi connectivity index (χ1v) is 5.88. The fraction of sp³-hybridized carbons (Fsp3) is 0.0714. The Morgan fingerprint density at radius 3 is 2.35 bits per heavy atom. The summed E-state index contributed by atoms with van der Waals surface area (Å²) in [4.78, 5) is 10.1. The minimum atomic E-state index is -0.447. The van der Waals surface area contributed by atoms with Gasteiger partial charge in [0, 0.05) is 17.7 Å². The average Bonchev–Trinajstić information content (AvgIpc) is 2.49. The second-order valence-corrected chi connectivity index (χ2v) is 3.90. The summed E-state index contributed by atoms with van der Waals surface area (Å²) in [5, 5.41) is 14.7. The van der Waals surface area contributed by atoms with Crippen molar-refractivity contribution in [1.29, 1.82) is 0 Å². The third-order valence-corrected chi connectivity index (χ3v) is 2.58. The summed E-state index contributed by atoms with van der Waals surface area (Å²) in [5.74, 6) is 0.434. The van der Waals surface area contributed by atoms with Crippen LogP contribution in [0, 0.1) is 10.1 Å². The van der Waals surface area contributed by atoms with Crippen LogP contribution in [0.1, 0.15) is 5.56 Å². The number of hydrogen-bond donors (Lipinski definition) is 1. The minimum absolute atomic E-state index is 0.0366. The molecule has 20 heavy (non-hydrogen) atoms. The fourth-order valence-corrected chi connectivity index (χ4v) is 1.58. The molecule has 2 rings (SSSR count). The van der Waals surface area contributed by atoms with E-state index in [4.69, 9.17) is 4.74 Å². The molecule has 0 unspecified atom stereocenters. The van der Waals surface area contributed by atoms with Gasteiger partial charge in [-0.05, 0) is 24.3 Å². The van der Waals surface area contributed by atoms with E-state index in [0.717, 1.165) is 5.56 Å². The van der Waals surface area contributed by atoms with E-state index in [1.807, 2.05) is 30.3 Å². The third-order valence-electron chi connectivity index (χ3n) is 2.58. The molecule has 0 aliphatic rings. The molecule has 6 heteroatoms. The van der Waals surface area contributed by atoms with Crippen molar-refractivity contribution in [1.82, 2.24) is 0 Å². The molecule has 0 radical (unpaired) electrons. The molecular weight excluding hydrogens is 258 g/mol. The van der Waals surface area contributed by atoms with Crippen molar-refractivity contribution in [2.24, 2.45) is 5.10 Å². The molecule has 2 aromatic rings. The zero-order valence-electron chi connectivity index (χ0n) is 10.8. The zero-order chi connectivity index (χ0) is 14.4. The molecule has 0 aliphatic heterocycles. The topological polar surface area (TPSA) is 76.8 Å². The van der Waals surface area contributed by atoms with Crippen molar-refractivity contribution in [3.05, 3.63) is 70.3 Å². The van der Waals surface area contributed by atoms with Gasteiger partial charge in [-0.1, -0.05) is 18.2 Å². The molecule has 0 aliphatic carbocycles. The molecule has 0 amide bonds. The Labute approximate surface area is 115 Å². The van der Waals surface area contributed by atoms with E-state index in [1.54, 1.807) is 12.1 Å². The quantitative estimate of drug-likeness (QED) is 0.401. The number of anilines is 1. The van der Waals surface area contributed by atoms with Crippen molar-refractivity contribution in [2.45, 2.75) is 0 Å². The lowest BCUT2D eigenvalue weighted by atomic mass is 10.2. The number of rotatable bonds is 4. The van der Waals surface area contributed by atoms with Crippen LogP contribution in [0.5, 0.6) is 0 Å². The highest BCUT2D eigenvalue weighted by atomic mass is 16.6. The van der Waals surface area contributed by atoms with Crippen LogP contribution in [0.4, 0.5) is 11.4 Å². The lowest BCUT2D eigenvalue weighted by molar-refractivity contribution is -0.384. The predicted octanol–water partition coefficient (Wildman–Crippen LogP) is 3.01. The Morgan fingerprint density at radius 2 is 1.80 bits per heavy atom. The van der Waals surface area contributed by atoms with Crippen LogP contribution in [0.15, 0.2) is 59.7 Å². The standard InChI is InChI=1S/C14H13N3O3/c1-20-14(11-5-3-2-4-6-11)16-15-12-7-9-13(10-8-12)17(18)19/h2-10,15H,1H3/b16-14-. The number of hydrazone groups is 1. The maximum atomic E-state index is 10.5. The number of nitrogens with zero attached hydrogens (tertiary/aromatic N) is 2. The maximum Gasteiger partial charge on any atom is 0.269 e. The van der Waals surface area contributed by atoms with Crippen molar-refractivity contribution in [2.75, 3.05) is 12.5 Å². The summed E-state index contributed by atoms with van der Waals surface area (Å²) in [7, 11) is 1.53. The normalized spacial score (nSPS) is 10.9. The van der Waals surface area contributed by atoms with Gasteiger partial charge in [0.05, 0.1) is 17.7 Å². The minimum Gasteiger partial charge on any atom is -0.480 e. The Bertz CT molecular complexity index is 609. The van der Waals surface area contributed by atoms with Crippen LogP contribution in [0.3, 0.4) is 0 Å². The van der Waals surface area contributed by atoms with Gasteiger partial charge in [0.15, 0.2) is 0 Å². The summed E-state index contributed by atoms with van der Waals surface area (Å²) in [6.07, 6.45) is 0. The zero-order valence-corrected chi connectivity index (χ0v) is 10.8. The maximum absolute atomic E-state index is 10.5. The molecule has 2 aromatic carbocycles. The molecule has 102 valence electrons. The monoisotopic (exact) mass is 271 g/mol. The van der Waals surface area contributed by atoms with E-state index in [2.05, 4.69) is 10.5 Å². The Kier molecular flexibility index (Phi) is 4.28. The van der Waals surface area contributed by atoms with Crippen molar-refractivity contribution in [3.8, 4) is 0 Å². The highest BCUT2D eigenvalue weighted by Gasteiger charge is 2.04. The van der Waals surface area contributed by atoms with Crippen LogP contribution in [0.2, 0.25) is 0 Å². The number of nitrogens with one attached hydrogen (secondary N) is 1. The van der Waals surface area contributed by atoms with Gasteiger partial charge in [0.25, 0.3) is 5.69 Å².